The van der Waals surface area contributed by atoms with Crippen LogP contribution in [0.3, 0.4) is 0 Å². The maximum atomic E-state index is 13.1. The second kappa shape index (κ2) is 17.0. The van der Waals surface area contributed by atoms with Gasteiger partial charge in [-0.2, -0.15) is 0 Å². The molecule has 15 heteroatoms. The van der Waals surface area contributed by atoms with Crippen LogP contribution in [0.4, 0.5) is 15.2 Å². The van der Waals surface area contributed by atoms with Gasteiger partial charge in [-0.3, -0.25) is 18.9 Å². The Balaban J connectivity index is 0.000000610. The Morgan fingerprint density at radius 1 is 1.18 bits per heavy atom. The number of amides is 2. The zero-order valence-electron chi connectivity index (χ0n) is 25.6. The van der Waals surface area contributed by atoms with Crippen molar-refractivity contribution in [3.05, 3.63) is 52.6 Å². The third-order valence-electron chi connectivity index (χ3n) is 7.21. The molecule has 2 aliphatic heterocycles. The quantitative estimate of drug-likeness (QED) is 0.197. The number of aromatic nitrogens is 1. The minimum Gasteiger partial charge on any atom is -0.478 e. The number of carbonyl (C=O) groups excluding carboxylic acids is 2. The van der Waals surface area contributed by atoms with Gasteiger partial charge in [0.2, 0.25) is 0 Å². The molecule has 0 aliphatic carbocycles. The molecule has 3 heterocycles. The normalized spacial score (nSPS) is 17.9. The van der Waals surface area contributed by atoms with Crippen molar-refractivity contribution in [2.24, 2.45) is 0 Å². The highest BCUT2D eigenvalue weighted by atomic mass is 32.1. The van der Waals surface area contributed by atoms with E-state index in [9.17, 15) is 23.6 Å². The molecule has 13 nitrogen and oxygen atoms in total. The van der Waals surface area contributed by atoms with E-state index in [-0.39, 0.29) is 36.4 Å². The first-order valence-electron chi connectivity index (χ1n) is 14.4. The number of nitrogens with zero attached hydrogens (tertiary/aromatic N) is 3. The molecule has 2 amide bonds. The minimum absolute atomic E-state index is 0.129. The van der Waals surface area contributed by atoms with Gasteiger partial charge in [-0.05, 0) is 44.4 Å². The largest absolute Gasteiger partial charge is 0.478 e. The number of rotatable bonds is 12. The van der Waals surface area contributed by atoms with Crippen LogP contribution < -0.4 is 15.5 Å². The fourth-order valence-corrected chi connectivity index (χ4v) is 5.53. The van der Waals surface area contributed by atoms with Gasteiger partial charge in [0.1, 0.15) is 5.69 Å². The molecule has 1 aromatic heterocycles. The molecule has 4 rings (SSSR count). The van der Waals surface area contributed by atoms with E-state index in [2.05, 4.69) is 39.3 Å². The number of nitrogens with one attached hydrogen (secondary N) is 2. The summed E-state index contributed by atoms with van der Waals surface area (Å²) in [5.74, 6) is -3.25. The van der Waals surface area contributed by atoms with Crippen molar-refractivity contribution in [3.63, 3.8) is 0 Å². The van der Waals surface area contributed by atoms with Crippen molar-refractivity contribution >= 4 is 45.9 Å². The van der Waals surface area contributed by atoms with Crippen molar-refractivity contribution in [3.8, 4) is 0 Å². The van der Waals surface area contributed by atoms with Crippen LogP contribution in [0.5, 0.6) is 0 Å². The van der Waals surface area contributed by atoms with Crippen molar-refractivity contribution < 1.29 is 43.3 Å². The molecule has 246 valence electrons. The summed E-state index contributed by atoms with van der Waals surface area (Å²) in [5.41, 5.74) is 1.84. The van der Waals surface area contributed by atoms with Crippen LogP contribution >= 0.6 is 11.3 Å². The number of anilines is 2. The number of carbonyl (C=O) groups is 4. The Morgan fingerprint density at radius 3 is 2.53 bits per heavy atom. The Morgan fingerprint density at radius 2 is 1.91 bits per heavy atom. The van der Waals surface area contributed by atoms with E-state index < -0.39 is 18.6 Å². The Hall–Kier alpha value is -3.92. The molecule has 0 bridgehead atoms. The van der Waals surface area contributed by atoms with Crippen molar-refractivity contribution in [1.82, 2.24) is 15.2 Å². The number of methoxy groups -OCH3 is 1. The summed E-state index contributed by atoms with van der Waals surface area (Å²) in [6.45, 7) is 8.27. The molecular formula is C30H40FN5O8S. The fraction of sp³-hybridized carbons (Fsp3) is 0.500. The van der Waals surface area contributed by atoms with Crippen LogP contribution in [0, 0.1) is 0 Å². The van der Waals surface area contributed by atoms with Gasteiger partial charge in [-0.1, -0.05) is 6.07 Å². The number of hydrogen-bond acceptors (Lipinski definition) is 10. The number of alkyl halides is 1. The summed E-state index contributed by atoms with van der Waals surface area (Å²) < 4.78 is 23.6. The Kier molecular flexibility index (Phi) is 13.4. The third-order valence-corrected chi connectivity index (χ3v) is 8.11. The summed E-state index contributed by atoms with van der Waals surface area (Å²) in [5, 5.41) is 23.7. The number of hydrogen-bond donors (Lipinski definition) is 4. The van der Waals surface area contributed by atoms with Crippen LogP contribution in [0.2, 0.25) is 0 Å². The van der Waals surface area contributed by atoms with Crippen LogP contribution in [0.1, 0.15) is 53.1 Å². The number of carboxylic acids is 2. The van der Waals surface area contributed by atoms with Crippen molar-refractivity contribution in [1.29, 1.82) is 0 Å². The molecule has 0 saturated carbocycles. The van der Waals surface area contributed by atoms with E-state index >= 15 is 0 Å². The van der Waals surface area contributed by atoms with Gasteiger partial charge < -0.3 is 35.2 Å². The number of benzene rings is 1. The number of thiazole rings is 1. The maximum absolute atomic E-state index is 13.1. The van der Waals surface area contributed by atoms with Crippen molar-refractivity contribution in [2.45, 2.75) is 44.9 Å². The minimum atomic E-state index is -1.26. The highest BCUT2D eigenvalue weighted by Gasteiger charge is 2.31. The van der Waals surface area contributed by atoms with E-state index in [1.165, 1.54) is 11.3 Å². The molecule has 2 aromatic rings. The Labute approximate surface area is 265 Å². The van der Waals surface area contributed by atoms with Gasteiger partial charge >= 0.3 is 11.9 Å². The number of halogens is 1. The van der Waals surface area contributed by atoms with Crippen LogP contribution in [-0.4, -0.2) is 109 Å². The summed E-state index contributed by atoms with van der Waals surface area (Å²) >= 11 is 1.41. The lowest BCUT2D eigenvalue weighted by molar-refractivity contribution is -0.134. The molecule has 2 saturated heterocycles. The van der Waals surface area contributed by atoms with Crippen molar-refractivity contribution in [2.75, 3.05) is 63.4 Å². The molecule has 0 radical (unpaired) electrons. The van der Waals surface area contributed by atoms with Crippen LogP contribution in [0.25, 0.3) is 0 Å². The zero-order chi connectivity index (χ0) is 33.0. The van der Waals surface area contributed by atoms with E-state index in [1.807, 2.05) is 6.07 Å². The lowest BCUT2D eigenvalue weighted by Gasteiger charge is -2.42. The van der Waals surface area contributed by atoms with Crippen LogP contribution in [-0.2, 0) is 25.6 Å². The molecule has 2 fully saturated rings. The molecule has 2 aliphatic rings. The van der Waals surface area contributed by atoms with Gasteiger partial charge in [0.05, 0.1) is 37.2 Å². The van der Waals surface area contributed by atoms with Gasteiger partial charge in [0.25, 0.3) is 11.8 Å². The predicted octanol–water partition coefficient (Wildman–Crippen LogP) is 3.03. The molecule has 45 heavy (non-hydrogen) atoms. The van der Waals surface area contributed by atoms with E-state index in [1.54, 1.807) is 24.6 Å². The van der Waals surface area contributed by atoms with E-state index in [4.69, 9.17) is 19.7 Å². The first-order chi connectivity index (χ1) is 21.4. The SMILES string of the molecule is CO[C@H]1CCN(c2nc(C(=O)Nc3ccc(CN4CCOCC4(C)C)cc3C(=O)NCCCF)cs2)C1.O=C(O)/C=C/C(=O)O. The summed E-state index contributed by atoms with van der Waals surface area (Å²) in [7, 11) is 1.70. The first-order valence-corrected chi connectivity index (χ1v) is 15.3. The molecular weight excluding hydrogens is 609 g/mol. The number of aliphatic carboxylic acids is 2. The molecule has 0 unspecified atom stereocenters. The predicted molar refractivity (Wildman–Crippen MR) is 167 cm³/mol. The Bertz CT molecular complexity index is 1350. The number of morpholine rings is 1. The average molecular weight is 650 g/mol. The lowest BCUT2D eigenvalue weighted by Crippen LogP contribution is -2.52. The van der Waals surface area contributed by atoms with Crippen LogP contribution in [0.15, 0.2) is 35.7 Å². The monoisotopic (exact) mass is 649 g/mol. The lowest BCUT2D eigenvalue weighted by atomic mass is 10.00. The second-order valence-corrected chi connectivity index (χ2v) is 11.9. The standard InChI is InChI=1S/C26H36FN5O4S.C4H4O4/c1-26(2)17-36-12-11-32(26)14-18-5-6-21(20(13-18)23(33)28-9-4-8-27)29-24(34)22-16-37-25(30-22)31-10-7-19(15-31)35-3;5-3(6)1-2-4(7)8/h5-6,13,16,19H,4,7-12,14-15,17H2,1-3H3,(H,28,33)(H,29,34);1-2H,(H,5,6)(H,7,8)/b;2-1+/t19-;/m0./s1. The summed E-state index contributed by atoms with van der Waals surface area (Å²) in [4.78, 5) is 54.1. The average Bonchev–Trinajstić information content (AvgIpc) is 3.68. The maximum Gasteiger partial charge on any atom is 0.328 e. The zero-order valence-corrected chi connectivity index (χ0v) is 26.4. The van der Waals surface area contributed by atoms with E-state index in [0.29, 0.717) is 48.9 Å². The third kappa shape index (κ3) is 10.9. The fourth-order valence-electron chi connectivity index (χ4n) is 4.69. The molecule has 4 N–H and O–H groups in total. The smallest absolute Gasteiger partial charge is 0.328 e. The highest BCUT2D eigenvalue weighted by Crippen LogP contribution is 2.27. The van der Waals surface area contributed by atoms with Gasteiger partial charge in [-0.15, -0.1) is 11.3 Å². The molecule has 1 aromatic carbocycles. The summed E-state index contributed by atoms with van der Waals surface area (Å²) in [6, 6.07) is 5.47. The van der Waals surface area contributed by atoms with E-state index in [0.717, 1.165) is 36.8 Å². The first kappa shape index (κ1) is 35.6. The topological polar surface area (TPSA) is 171 Å². The van der Waals surface area contributed by atoms with Gasteiger partial charge in [0.15, 0.2) is 5.13 Å². The second-order valence-electron chi connectivity index (χ2n) is 11.0. The van der Waals surface area contributed by atoms with Gasteiger partial charge in [0, 0.05) is 62.9 Å². The number of carboxylic acid groups (broad SMARTS) is 2. The number of ether oxygens (including phenoxy) is 2. The highest BCUT2D eigenvalue weighted by molar-refractivity contribution is 7.14. The summed E-state index contributed by atoms with van der Waals surface area (Å²) in [6.07, 6.45) is 2.44. The van der Waals surface area contributed by atoms with Gasteiger partial charge in [-0.25, -0.2) is 14.6 Å². The molecule has 1 atom stereocenters. The molecule has 0 spiro atoms.